The molecule has 7 nitrogen and oxygen atoms in total. The molecule has 20 heavy (non-hydrogen) atoms. The summed E-state index contributed by atoms with van der Waals surface area (Å²) in [5.74, 6) is -1.42. The molecule has 2 unspecified atom stereocenters. The lowest BCUT2D eigenvalue weighted by Gasteiger charge is -2.23. The fraction of sp³-hybridized carbons (Fsp3) is 0.769. The van der Waals surface area contributed by atoms with E-state index in [2.05, 4.69) is 10.6 Å². The van der Waals surface area contributed by atoms with Crippen LogP contribution in [0.25, 0.3) is 0 Å². The molecule has 2 atom stereocenters. The van der Waals surface area contributed by atoms with Crippen molar-refractivity contribution in [3.63, 3.8) is 0 Å². The zero-order valence-corrected chi connectivity index (χ0v) is 11.6. The van der Waals surface area contributed by atoms with Crippen LogP contribution in [0.2, 0.25) is 0 Å². The molecular formula is C13H21N3O4. The minimum Gasteiger partial charge on any atom is -0.481 e. The maximum Gasteiger partial charge on any atom is 0.317 e. The van der Waals surface area contributed by atoms with Crippen LogP contribution in [0.4, 0.5) is 4.79 Å². The molecule has 2 rings (SSSR count). The van der Waals surface area contributed by atoms with Crippen LogP contribution in [-0.2, 0) is 9.59 Å². The molecule has 1 heterocycles. The van der Waals surface area contributed by atoms with Gasteiger partial charge in [-0.05, 0) is 26.2 Å². The number of carboxylic acids is 1. The number of amides is 3. The van der Waals surface area contributed by atoms with E-state index in [1.165, 1.54) is 4.90 Å². The second-order valence-electron chi connectivity index (χ2n) is 5.49. The fourth-order valence-electron chi connectivity index (χ4n) is 2.47. The van der Waals surface area contributed by atoms with Crippen molar-refractivity contribution in [2.24, 2.45) is 5.92 Å². The highest BCUT2D eigenvalue weighted by atomic mass is 16.4. The largest absolute Gasteiger partial charge is 0.481 e. The van der Waals surface area contributed by atoms with E-state index in [1.807, 2.05) is 0 Å². The molecular weight excluding hydrogens is 262 g/mol. The Balaban J connectivity index is 1.69. The highest BCUT2D eigenvalue weighted by molar-refractivity contribution is 5.80. The van der Waals surface area contributed by atoms with Gasteiger partial charge in [-0.3, -0.25) is 9.59 Å². The van der Waals surface area contributed by atoms with Gasteiger partial charge in [0.15, 0.2) is 0 Å². The van der Waals surface area contributed by atoms with Crippen molar-refractivity contribution in [3.05, 3.63) is 0 Å². The number of hydrogen-bond acceptors (Lipinski definition) is 3. The Morgan fingerprint density at radius 1 is 1.25 bits per heavy atom. The monoisotopic (exact) mass is 283 g/mol. The summed E-state index contributed by atoms with van der Waals surface area (Å²) in [6.45, 7) is 2.46. The van der Waals surface area contributed by atoms with Crippen LogP contribution in [-0.4, -0.2) is 53.1 Å². The van der Waals surface area contributed by atoms with Crippen LogP contribution in [0.3, 0.4) is 0 Å². The summed E-state index contributed by atoms with van der Waals surface area (Å²) in [6, 6.07) is -0.276. The van der Waals surface area contributed by atoms with Crippen LogP contribution < -0.4 is 10.6 Å². The number of urea groups is 1. The first-order chi connectivity index (χ1) is 9.49. The number of nitrogens with one attached hydrogen (secondary N) is 2. The summed E-state index contributed by atoms with van der Waals surface area (Å²) in [6.07, 6.45) is 2.82. The van der Waals surface area contributed by atoms with Crippen molar-refractivity contribution in [2.45, 2.75) is 44.7 Å². The lowest BCUT2D eigenvalue weighted by atomic mass is 10.0. The van der Waals surface area contributed by atoms with E-state index in [4.69, 9.17) is 5.11 Å². The molecule has 1 saturated carbocycles. The SMILES string of the molecule is CC1C(C(=O)O)CCN1C(=O)NCCC(=O)NC1CC1. The number of carbonyl (C=O) groups is 3. The quantitative estimate of drug-likeness (QED) is 0.669. The van der Waals surface area contributed by atoms with Crippen LogP contribution >= 0.6 is 0 Å². The molecule has 1 aliphatic heterocycles. The molecule has 7 heteroatoms. The maximum atomic E-state index is 11.9. The maximum absolute atomic E-state index is 11.9. The summed E-state index contributed by atoms with van der Waals surface area (Å²) in [7, 11) is 0. The number of aliphatic carboxylic acids is 1. The highest BCUT2D eigenvalue weighted by Gasteiger charge is 2.38. The first-order valence-corrected chi connectivity index (χ1v) is 7.05. The summed E-state index contributed by atoms with van der Waals surface area (Å²) >= 11 is 0. The Hall–Kier alpha value is -1.79. The van der Waals surface area contributed by atoms with Gasteiger partial charge in [-0.25, -0.2) is 4.79 Å². The molecule has 3 amide bonds. The zero-order valence-electron chi connectivity index (χ0n) is 11.6. The number of nitrogens with zero attached hydrogens (tertiary/aromatic N) is 1. The van der Waals surface area contributed by atoms with Crippen molar-refractivity contribution >= 4 is 17.9 Å². The molecule has 0 radical (unpaired) electrons. The summed E-state index contributed by atoms with van der Waals surface area (Å²) < 4.78 is 0. The first-order valence-electron chi connectivity index (χ1n) is 7.05. The van der Waals surface area contributed by atoms with E-state index in [9.17, 15) is 14.4 Å². The Morgan fingerprint density at radius 2 is 1.95 bits per heavy atom. The van der Waals surface area contributed by atoms with Crippen LogP contribution in [0.5, 0.6) is 0 Å². The average Bonchev–Trinajstić information content (AvgIpc) is 3.08. The topological polar surface area (TPSA) is 98.7 Å². The van der Waals surface area contributed by atoms with Crippen molar-refractivity contribution in [1.82, 2.24) is 15.5 Å². The van der Waals surface area contributed by atoms with Gasteiger partial charge in [0, 0.05) is 31.6 Å². The highest BCUT2D eigenvalue weighted by Crippen LogP contribution is 2.24. The van der Waals surface area contributed by atoms with Crippen LogP contribution in [0.15, 0.2) is 0 Å². The molecule has 1 aliphatic carbocycles. The minimum atomic E-state index is -0.864. The number of likely N-dealkylation sites (tertiary alicyclic amines) is 1. The molecule has 3 N–H and O–H groups in total. The lowest BCUT2D eigenvalue weighted by molar-refractivity contribution is -0.142. The van der Waals surface area contributed by atoms with Gasteiger partial charge in [0.05, 0.1) is 5.92 Å². The van der Waals surface area contributed by atoms with Gasteiger partial charge < -0.3 is 20.6 Å². The number of hydrogen-bond donors (Lipinski definition) is 3. The van der Waals surface area contributed by atoms with E-state index in [1.54, 1.807) is 6.92 Å². The molecule has 0 spiro atoms. The van der Waals surface area contributed by atoms with Gasteiger partial charge in [0.25, 0.3) is 0 Å². The minimum absolute atomic E-state index is 0.0503. The normalized spacial score (nSPS) is 25.4. The second kappa shape index (κ2) is 6.11. The summed E-state index contributed by atoms with van der Waals surface area (Å²) in [4.78, 5) is 35.9. The third-order valence-electron chi connectivity index (χ3n) is 3.90. The number of carboxylic acid groups (broad SMARTS) is 1. The molecule has 0 aromatic rings. The van der Waals surface area contributed by atoms with Crippen LogP contribution in [0.1, 0.15) is 32.6 Å². The van der Waals surface area contributed by atoms with Gasteiger partial charge in [0.2, 0.25) is 5.91 Å². The summed E-state index contributed by atoms with van der Waals surface area (Å²) in [5.41, 5.74) is 0. The molecule has 0 aromatic heterocycles. The Morgan fingerprint density at radius 3 is 2.50 bits per heavy atom. The molecule has 0 aromatic carbocycles. The predicted molar refractivity (Wildman–Crippen MR) is 71.1 cm³/mol. The smallest absolute Gasteiger partial charge is 0.317 e. The van der Waals surface area contributed by atoms with E-state index in [-0.39, 0.29) is 30.9 Å². The predicted octanol–water partition coefficient (Wildman–Crippen LogP) is 0.160. The van der Waals surface area contributed by atoms with Gasteiger partial charge in [-0.15, -0.1) is 0 Å². The molecule has 0 bridgehead atoms. The third-order valence-corrected chi connectivity index (χ3v) is 3.90. The number of rotatable bonds is 5. The Labute approximate surface area is 117 Å². The van der Waals surface area contributed by atoms with Gasteiger partial charge in [-0.2, -0.15) is 0 Å². The average molecular weight is 283 g/mol. The zero-order chi connectivity index (χ0) is 14.7. The molecule has 112 valence electrons. The van der Waals surface area contributed by atoms with E-state index in [0.29, 0.717) is 19.0 Å². The summed E-state index contributed by atoms with van der Waals surface area (Å²) in [5, 5.41) is 14.5. The standard InChI is InChI=1S/C13H21N3O4/c1-8-10(12(18)19)5-7-16(8)13(20)14-6-4-11(17)15-9-2-3-9/h8-10H,2-7H2,1H3,(H,14,20)(H,15,17)(H,18,19). The number of carbonyl (C=O) groups excluding carboxylic acids is 2. The van der Waals surface area contributed by atoms with E-state index >= 15 is 0 Å². The molecule has 2 aliphatic rings. The van der Waals surface area contributed by atoms with E-state index < -0.39 is 11.9 Å². The van der Waals surface area contributed by atoms with Crippen LogP contribution in [0, 0.1) is 5.92 Å². The lowest BCUT2D eigenvalue weighted by Crippen LogP contribution is -2.44. The first kappa shape index (κ1) is 14.6. The fourth-order valence-corrected chi connectivity index (χ4v) is 2.47. The molecule has 1 saturated heterocycles. The van der Waals surface area contributed by atoms with Gasteiger partial charge in [0.1, 0.15) is 0 Å². The third kappa shape index (κ3) is 3.61. The Kier molecular flexibility index (Phi) is 4.46. The molecule has 2 fully saturated rings. The van der Waals surface area contributed by atoms with Crippen molar-refractivity contribution in [2.75, 3.05) is 13.1 Å². The van der Waals surface area contributed by atoms with Crippen molar-refractivity contribution < 1.29 is 19.5 Å². The van der Waals surface area contributed by atoms with Crippen molar-refractivity contribution in [1.29, 1.82) is 0 Å². The van der Waals surface area contributed by atoms with Gasteiger partial charge in [-0.1, -0.05) is 0 Å². The van der Waals surface area contributed by atoms with Crippen molar-refractivity contribution in [3.8, 4) is 0 Å². The van der Waals surface area contributed by atoms with E-state index in [0.717, 1.165) is 12.8 Å². The Bertz CT molecular complexity index is 408. The van der Waals surface area contributed by atoms with Gasteiger partial charge >= 0.3 is 12.0 Å². The second-order valence-corrected chi connectivity index (χ2v) is 5.49.